The number of hydrogen-bond acceptors (Lipinski definition) is 8. The van der Waals surface area contributed by atoms with E-state index < -0.39 is 24.3 Å². The van der Waals surface area contributed by atoms with E-state index in [1.165, 1.54) is 13.3 Å². The Kier molecular flexibility index (Phi) is 8.93. The van der Waals surface area contributed by atoms with Gasteiger partial charge in [0, 0.05) is 16.3 Å². The molecular weight excluding hydrogens is 476 g/mol. The van der Waals surface area contributed by atoms with E-state index in [0.717, 1.165) is 0 Å². The third kappa shape index (κ3) is 6.65. The second-order valence-electron chi connectivity index (χ2n) is 7.44. The lowest BCUT2D eigenvalue weighted by molar-refractivity contribution is -0.136. The van der Waals surface area contributed by atoms with E-state index in [0.29, 0.717) is 40.0 Å². The Morgan fingerprint density at radius 2 is 2.03 bits per heavy atom. The van der Waals surface area contributed by atoms with E-state index in [4.69, 9.17) is 25.8 Å². The number of carbonyl (C=O) groups is 2. The van der Waals surface area contributed by atoms with Crippen molar-refractivity contribution < 1.29 is 28.9 Å². The standard InChI is InChI=1S/C24H27ClN4O6/c1-4-34-19-11-15(22-21(23(31)33-3)14(2)27-24(32)28-22)9-10-18(19)35-13-20(30)29-26-12-16-7-5-6-8-17(16)25/h5-12,20,22,29-30H,4,13H2,1-3H3,(H2,27,28,32)/b26-12-/t20-,22+/m0/s1. The highest BCUT2D eigenvalue weighted by molar-refractivity contribution is 6.33. The van der Waals surface area contributed by atoms with Gasteiger partial charge in [-0.3, -0.25) is 5.43 Å². The SMILES string of the molecule is CCOc1cc([C@H]2NC(=O)NC(C)=C2C(=O)OC)ccc1OC[C@H](O)N/N=C\c1ccccc1Cl. The van der Waals surface area contributed by atoms with Crippen LogP contribution in [0.3, 0.4) is 0 Å². The minimum Gasteiger partial charge on any atom is -0.490 e. The topological polar surface area (TPSA) is 131 Å². The molecule has 1 aliphatic heterocycles. The number of hydrogen-bond donors (Lipinski definition) is 4. The third-order valence-electron chi connectivity index (χ3n) is 5.00. The Morgan fingerprint density at radius 3 is 2.74 bits per heavy atom. The molecule has 11 heteroatoms. The van der Waals surface area contributed by atoms with Crippen LogP contribution in [0.4, 0.5) is 4.79 Å². The molecular formula is C24H27ClN4O6. The van der Waals surface area contributed by atoms with Crippen LogP contribution in [0.25, 0.3) is 0 Å². The molecule has 2 atom stereocenters. The lowest BCUT2D eigenvalue weighted by atomic mass is 9.95. The number of hydrazone groups is 1. The zero-order valence-corrected chi connectivity index (χ0v) is 20.3. The van der Waals surface area contributed by atoms with Crippen LogP contribution in [0.5, 0.6) is 11.5 Å². The summed E-state index contributed by atoms with van der Waals surface area (Å²) < 4.78 is 16.3. The molecule has 186 valence electrons. The number of amides is 2. The molecule has 0 radical (unpaired) electrons. The van der Waals surface area contributed by atoms with E-state index >= 15 is 0 Å². The molecule has 0 spiro atoms. The summed E-state index contributed by atoms with van der Waals surface area (Å²) in [5, 5.41) is 20.0. The van der Waals surface area contributed by atoms with Crippen LogP contribution in [0, 0.1) is 0 Å². The summed E-state index contributed by atoms with van der Waals surface area (Å²) >= 11 is 6.07. The van der Waals surface area contributed by atoms with Gasteiger partial charge in [-0.25, -0.2) is 9.59 Å². The first kappa shape index (κ1) is 25.9. The predicted octanol–water partition coefficient (Wildman–Crippen LogP) is 2.86. The zero-order chi connectivity index (χ0) is 25.4. The van der Waals surface area contributed by atoms with Crippen molar-refractivity contribution >= 4 is 29.8 Å². The predicted molar refractivity (Wildman–Crippen MR) is 130 cm³/mol. The Hall–Kier alpha value is -3.76. The Labute approximate surface area is 207 Å². The van der Waals surface area contributed by atoms with Gasteiger partial charge in [0.05, 0.1) is 31.5 Å². The van der Waals surface area contributed by atoms with Gasteiger partial charge < -0.3 is 30.0 Å². The molecule has 2 amide bonds. The van der Waals surface area contributed by atoms with Gasteiger partial charge in [0.15, 0.2) is 17.7 Å². The fourth-order valence-corrected chi connectivity index (χ4v) is 3.58. The number of allylic oxidation sites excluding steroid dienone is 1. The molecule has 1 heterocycles. The maximum absolute atomic E-state index is 12.3. The number of ether oxygens (including phenoxy) is 3. The van der Waals surface area contributed by atoms with Gasteiger partial charge in [0.25, 0.3) is 0 Å². The van der Waals surface area contributed by atoms with Crippen LogP contribution in [0.1, 0.15) is 31.0 Å². The third-order valence-corrected chi connectivity index (χ3v) is 5.35. The summed E-state index contributed by atoms with van der Waals surface area (Å²) in [6, 6.07) is 11.0. The molecule has 2 aromatic rings. The number of rotatable bonds is 10. The number of aliphatic hydroxyl groups excluding tert-OH is 1. The van der Waals surface area contributed by atoms with Gasteiger partial charge in [-0.15, -0.1) is 0 Å². The van der Waals surface area contributed by atoms with E-state index in [1.54, 1.807) is 37.3 Å². The van der Waals surface area contributed by atoms with Gasteiger partial charge in [0.1, 0.15) is 6.61 Å². The van der Waals surface area contributed by atoms with Gasteiger partial charge >= 0.3 is 12.0 Å². The first-order valence-electron chi connectivity index (χ1n) is 10.8. The Balaban J connectivity index is 1.72. The van der Waals surface area contributed by atoms with Crippen molar-refractivity contribution in [3.8, 4) is 11.5 Å². The molecule has 2 aromatic carbocycles. The van der Waals surface area contributed by atoms with Crippen molar-refractivity contribution in [2.24, 2.45) is 5.10 Å². The summed E-state index contributed by atoms with van der Waals surface area (Å²) in [4.78, 5) is 24.4. The van der Waals surface area contributed by atoms with Crippen LogP contribution < -0.4 is 25.5 Å². The molecule has 0 unspecified atom stereocenters. The second kappa shape index (κ2) is 12.1. The average Bonchev–Trinajstić information content (AvgIpc) is 2.83. The number of aliphatic hydroxyl groups is 1. The first-order chi connectivity index (χ1) is 16.8. The van der Waals surface area contributed by atoms with E-state index in [9.17, 15) is 14.7 Å². The molecule has 0 aliphatic carbocycles. The monoisotopic (exact) mass is 502 g/mol. The first-order valence-corrected chi connectivity index (χ1v) is 11.2. The molecule has 3 rings (SSSR count). The van der Waals surface area contributed by atoms with Crippen LogP contribution in [-0.4, -0.2) is 49.9 Å². The largest absolute Gasteiger partial charge is 0.490 e. The fourth-order valence-electron chi connectivity index (χ4n) is 3.39. The smallest absolute Gasteiger partial charge is 0.337 e. The fraction of sp³-hybridized carbons (Fsp3) is 0.292. The van der Waals surface area contributed by atoms with Gasteiger partial charge in [-0.05, 0) is 37.6 Å². The molecule has 0 aromatic heterocycles. The zero-order valence-electron chi connectivity index (χ0n) is 19.5. The van der Waals surface area contributed by atoms with Crippen molar-refractivity contribution in [1.29, 1.82) is 0 Å². The molecule has 1 aliphatic rings. The summed E-state index contributed by atoms with van der Waals surface area (Å²) in [5.41, 5.74) is 4.54. The molecule has 0 saturated carbocycles. The van der Waals surface area contributed by atoms with Gasteiger partial charge in [0.2, 0.25) is 0 Å². The van der Waals surface area contributed by atoms with E-state index in [1.807, 2.05) is 19.1 Å². The Bertz CT molecular complexity index is 1140. The molecule has 4 N–H and O–H groups in total. The molecule has 0 saturated heterocycles. The number of carbonyl (C=O) groups excluding carboxylic acids is 2. The molecule has 0 fully saturated rings. The highest BCUT2D eigenvalue weighted by Crippen LogP contribution is 2.34. The quantitative estimate of drug-likeness (QED) is 0.170. The summed E-state index contributed by atoms with van der Waals surface area (Å²) in [7, 11) is 1.27. The summed E-state index contributed by atoms with van der Waals surface area (Å²) in [6.07, 6.45) is 0.386. The highest BCUT2D eigenvalue weighted by atomic mass is 35.5. The summed E-state index contributed by atoms with van der Waals surface area (Å²) in [5.74, 6) is 0.184. The number of urea groups is 1. The van der Waals surface area contributed by atoms with Crippen molar-refractivity contribution in [3.05, 3.63) is 69.9 Å². The lowest BCUT2D eigenvalue weighted by Crippen LogP contribution is -2.45. The van der Waals surface area contributed by atoms with E-state index in [-0.39, 0.29) is 12.2 Å². The van der Waals surface area contributed by atoms with Gasteiger partial charge in [-0.2, -0.15) is 5.10 Å². The van der Waals surface area contributed by atoms with Crippen LogP contribution >= 0.6 is 11.6 Å². The maximum Gasteiger partial charge on any atom is 0.337 e. The normalized spacial score (nSPS) is 16.4. The minimum absolute atomic E-state index is 0.129. The maximum atomic E-state index is 12.3. The second-order valence-corrected chi connectivity index (χ2v) is 7.84. The Morgan fingerprint density at radius 1 is 1.26 bits per heavy atom. The van der Waals surface area contributed by atoms with E-state index in [2.05, 4.69) is 21.2 Å². The summed E-state index contributed by atoms with van der Waals surface area (Å²) in [6.45, 7) is 3.66. The van der Waals surface area contributed by atoms with Gasteiger partial charge in [-0.1, -0.05) is 35.9 Å². The van der Waals surface area contributed by atoms with Crippen molar-refractivity contribution in [2.45, 2.75) is 26.1 Å². The molecule has 0 bridgehead atoms. The number of nitrogens with zero attached hydrogens (tertiary/aromatic N) is 1. The lowest BCUT2D eigenvalue weighted by Gasteiger charge is -2.28. The van der Waals surface area contributed by atoms with Crippen molar-refractivity contribution in [1.82, 2.24) is 16.1 Å². The molecule has 35 heavy (non-hydrogen) atoms. The number of halogens is 1. The minimum atomic E-state index is -1.11. The number of esters is 1. The number of methoxy groups -OCH3 is 1. The van der Waals surface area contributed by atoms with Crippen LogP contribution in [0.15, 0.2) is 58.8 Å². The molecule has 10 nitrogen and oxygen atoms in total. The number of nitrogens with one attached hydrogen (secondary N) is 3. The number of benzene rings is 2. The van der Waals surface area contributed by atoms with Crippen molar-refractivity contribution in [3.63, 3.8) is 0 Å². The highest BCUT2D eigenvalue weighted by Gasteiger charge is 2.32. The average molecular weight is 503 g/mol. The van der Waals surface area contributed by atoms with Crippen molar-refractivity contribution in [2.75, 3.05) is 20.3 Å². The van der Waals surface area contributed by atoms with Crippen LogP contribution in [-0.2, 0) is 9.53 Å². The van der Waals surface area contributed by atoms with Crippen LogP contribution in [0.2, 0.25) is 5.02 Å².